The summed E-state index contributed by atoms with van der Waals surface area (Å²) in [6.07, 6.45) is 7.18. The predicted molar refractivity (Wildman–Crippen MR) is 88.4 cm³/mol. The summed E-state index contributed by atoms with van der Waals surface area (Å²) >= 11 is 0. The lowest BCUT2D eigenvalue weighted by atomic mass is 9.98. The van der Waals surface area contributed by atoms with Crippen LogP contribution in [0.1, 0.15) is 50.3 Å². The van der Waals surface area contributed by atoms with E-state index in [1.54, 1.807) is 13.2 Å². The summed E-state index contributed by atoms with van der Waals surface area (Å²) < 4.78 is 2.54. The largest absolute Gasteiger partial charge is 0.330 e. The van der Waals surface area contributed by atoms with Gasteiger partial charge in [-0.25, -0.2) is 4.79 Å². The monoisotopic (exact) mass is 332 g/mol. The van der Waals surface area contributed by atoms with E-state index in [1.165, 1.54) is 11.6 Å². The molecule has 4 rings (SSSR count). The normalized spacial score (nSPS) is 25.8. The third kappa shape index (κ3) is 2.25. The Kier molecular flexibility index (Phi) is 3.46. The van der Waals surface area contributed by atoms with E-state index in [0.717, 1.165) is 43.1 Å². The van der Waals surface area contributed by atoms with Crippen LogP contribution in [0.25, 0.3) is 0 Å². The lowest BCUT2D eigenvalue weighted by molar-refractivity contribution is -0.133. The molecule has 24 heavy (non-hydrogen) atoms. The van der Waals surface area contributed by atoms with Gasteiger partial charge >= 0.3 is 5.69 Å². The molecule has 1 saturated heterocycles. The van der Waals surface area contributed by atoms with Crippen LogP contribution < -0.4 is 16.6 Å². The first-order valence-electron chi connectivity index (χ1n) is 8.78. The molecular formula is C17H24N4O3. The topological polar surface area (TPSA) is 76.3 Å². The van der Waals surface area contributed by atoms with Crippen LogP contribution in [0.2, 0.25) is 0 Å². The fraction of sp³-hybridized carbons (Fsp3) is 0.706. The average Bonchev–Trinajstić information content (AvgIpc) is 3.20. The van der Waals surface area contributed by atoms with Crippen molar-refractivity contribution < 1.29 is 4.79 Å². The first-order chi connectivity index (χ1) is 11.4. The second-order valence-electron chi connectivity index (χ2n) is 7.58. The van der Waals surface area contributed by atoms with E-state index in [-0.39, 0.29) is 17.2 Å². The highest BCUT2D eigenvalue weighted by Gasteiger charge is 2.54. The van der Waals surface area contributed by atoms with E-state index in [2.05, 4.69) is 5.32 Å². The highest BCUT2D eigenvalue weighted by molar-refractivity contribution is 5.89. The van der Waals surface area contributed by atoms with Gasteiger partial charge in [0.15, 0.2) is 0 Å². The van der Waals surface area contributed by atoms with E-state index in [4.69, 9.17) is 0 Å². The van der Waals surface area contributed by atoms with E-state index < -0.39 is 11.7 Å². The van der Waals surface area contributed by atoms with Crippen LogP contribution >= 0.6 is 0 Å². The molecule has 0 aromatic carbocycles. The Morgan fingerprint density at radius 3 is 2.46 bits per heavy atom. The van der Waals surface area contributed by atoms with Gasteiger partial charge in [-0.1, -0.05) is 12.8 Å². The van der Waals surface area contributed by atoms with Crippen LogP contribution in [0.4, 0.5) is 0 Å². The molecule has 0 unspecified atom stereocenters. The summed E-state index contributed by atoms with van der Waals surface area (Å²) in [5.74, 6) is 0.680. The second-order valence-corrected chi connectivity index (χ2v) is 7.58. The van der Waals surface area contributed by atoms with Gasteiger partial charge in [-0.2, -0.15) is 0 Å². The van der Waals surface area contributed by atoms with Crippen molar-refractivity contribution in [2.75, 3.05) is 6.54 Å². The van der Waals surface area contributed by atoms with Crippen molar-refractivity contribution in [3.05, 3.63) is 32.6 Å². The number of rotatable bonds is 3. The van der Waals surface area contributed by atoms with Crippen LogP contribution in [0.3, 0.4) is 0 Å². The number of carbonyl (C=O) groups excluding carboxylic acids is 1. The van der Waals surface area contributed by atoms with Gasteiger partial charge in [-0.15, -0.1) is 0 Å². The number of nitrogens with one attached hydrogen (secondary N) is 1. The van der Waals surface area contributed by atoms with E-state index in [1.807, 2.05) is 4.90 Å². The summed E-state index contributed by atoms with van der Waals surface area (Å²) in [5.41, 5.74) is -0.701. The summed E-state index contributed by atoms with van der Waals surface area (Å²) in [5, 5.41) is 3.48. The standard InChI is InChI=1S/C17H24N4O3/c1-19-10-12(14(22)20(2)16(19)24)13-18-17(7-3-4-8-17)15(23)21(13)9-11-5-6-11/h10-11,13,18H,3-9H2,1-2H3/t13-/m1/s1. The van der Waals surface area contributed by atoms with Crippen LogP contribution in [0, 0.1) is 5.92 Å². The van der Waals surface area contributed by atoms with Gasteiger partial charge in [-0.3, -0.25) is 19.5 Å². The molecule has 1 aromatic rings. The van der Waals surface area contributed by atoms with Crippen LogP contribution in [0.5, 0.6) is 0 Å². The smallest absolute Gasteiger partial charge is 0.321 e. The average molecular weight is 332 g/mol. The maximum absolute atomic E-state index is 13.1. The summed E-state index contributed by atoms with van der Waals surface area (Å²) in [4.78, 5) is 39.6. The molecule has 0 bridgehead atoms. The zero-order valence-corrected chi connectivity index (χ0v) is 14.2. The number of aromatic nitrogens is 2. The maximum atomic E-state index is 13.1. The molecule has 2 aliphatic carbocycles. The zero-order chi connectivity index (χ0) is 17.1. The number of hydrogen-bond donors (Lipinski definition) is 1. The Balaban J connectivity index is 1.79. The van der Waals surface area contributed by atoms with E-state index in [0.29, 0.717) is 18.0 Å². The Bertz CT molecular complexity index is 799. The molecule has 1 spiro atoms. The van der Waals surface area contributed by atoms with Gasteiger partial charge in [0, 0.05) is 26.8 Å². The Morgan fingerprint density at radius 2 is 1.83 bits per heavy atom. The predicted octanol–water partition coefficient (Wildman–Crippen LogP) is 0.237. The lowest BCUT2D eigenvalue weighted by Crippen LogP contribution is -2.45. The second kappa shape index (κ2) is 5.31. The number of carbonyl (C=O) groups is 1. The van der Waals surface area contributed by atoms with Gasteiger partial charge in [0.1, 0.15) is 6.17 Å². The molecular weight excluding hydrogens is 308 g/mol. The van der Waals surface area contributed by atoms with Crippen molar-refractivity contribution in [2.24, 2.45) is 20.0 Å². The van der Waals surface area contributed by atoms with Crippen molar-refractivity contribution in [3.63, 3.8) is 0 Å². The van der Waals surface area contributed by atoms with Crippen molar-refractivity contribution in [1.82, 2.24) is 19.4 Å². The molecule has 3 fully saturated rings. The summed E-state index contributed by atoms with van der Waals surface area (Å²) in [7, 11) is 3.13. The molecule has 7 nitrogen and oxygen atoms in total. The number of aryl methyl sites for hydroxylation is 1. The Labute approximate surface area is 140 Å². The number of nitrogens with zero attached hydrogens (tertiary/aromatic N) is 3. The molecule has 1 amide bonds. The zero-order valence-electron chi connectivity index (χ0n) is 14.2. The molecule has 0 radical (unpaired) electrons. The third-order valence-corrected chi connectivity index (χ3v) is 5.77. The molecule has 1 N–H and O–H groups in total. The van der Waals surface area contributed by atoms with E-state index in [9.17, 15) is 14.4 Å². The van der Waals surface area contributed by atoms with Crippen molar-refractivity contribution in [3.8, 4) is 0 Å². The quantitative estimate of drug-likeness (QED) is 0.860. The molecule has 2 saturated carbocycles. The fourth-order valence-electron chi connectivity index (χ4n) is 4.17. The first kappa shape index (κ1) is 15.6. The van der Waals surface area contributed by atoms with Gasteiger partial charge in [0.25, 0.3) is 5.56 Å². The van der Waals surface area contributed by atoms with Gasteiger partial charge in [0.05, 0.1) is 11.1 Å². The van der Waals surface area contributed by atoms with Crippen molar-refractivity contribution in [2.45, 2.75) is 50.2 Å². The lowest BCUT2D eigenvalue weighted by Gasteiger charge is -2.24. The molecule has 2 heterocycles. The highest BCUT2D eigenvalue weighted by Crippen LogP contribution is 2.42. The summed E-state index contributed by atoms with van der Waals surface area (Å²) in [6, 6.07) is 0. The molecule has 1 aliphatic heterocycles. The van der Waals surface area contributed by atoms with Crippen LogP contribution in [-0.2, 0) is 18.9 Å². The minimum Gasteiger partial charge on any atom is -0.321 e. The molecule has 1 aromatic heterocycles. The minimum atomic E-state index is -0.515. The van der Waals surface area contributed by atoms with Crippen molar-refractivity contribution in [1.29, 1.82) is 0 Å². The van der Waals surface area contributed by atoms with Gasteiger partial charge in [-0.05, 0) is 31.6 Å². The van der Waals surface area contributed by atoms with Gasteiger partial charge in [0.2, 0.25) is 5.91 Å². The van der Waals surface area contributed by atoms with Crippen molar-refractivity contribution >= 4 is 5.91 Å². The molecule has 7 heteroatoms. The minimum absolute atomic E-state index is 0.132. The number of hydrogen-bond acceptors (Lipinski definition) is 4. The Hall–Kier alpha value is -1.89. The highest BCUT2D eigenvalue weighted by atomic mass is 16.2. The molecule has 130 valence electrons. The molecule has 3 aliphatic rings. The number of amides is 1. The van der Waals surface area contributed by atoms with E-state index >= 15 is 0 Å². The van der Waals surface area contributed by atoms with Crippen LogP contribution in [0.15, 0.2) is 15.8 Å². The first-order valence-corrected chi connectivity index (χ1v) is 8.78. The summed E-state index contributed by atoms with van der Waals surface area (Å²) in [6.45, 7) is 0.699. The maximum Gasteiger partial charge on any atom is 0.330 e. The Morgan fingerprint density at radius 1 is 1.17 bits per heavy atom. The van der Waals surface area contributed by atoms with Gasteiger partial charge < -0.3 is 9.47 Å². The van der Waals surface area contributed by atoms with Crippen LogP contribution in [-0.4, -0.2) is 32.0 Å². The third-order valence-electron chi connectivity index (χ3n) is 5.77. The fourth-order valence-corrected chi connectivity index (χ4v) is 4.17. The molecule has 1 atom stereocenters. The SMILES string of the molecule is Cn1cc([C@@H]2NC3(CCCC3)C(=O)N2CC2CC2)c(=O)n(C)c1=O.